The van der Waals surface area contributed by atoms with Crippen LogP contribution in [0.15, 0.2) is 134 Å². The van der Waals surface area contributed by atoms with Gasteiger partial charge < -0.3 is 4.57 Å². The van der Waals surface area contributed by atoms with Crippen LogP contribution in [0.1, 0.15) is 61.0 Å². The molecule has 0 amide bonds. The molecule has 4 aromatic carbocycles. The highest BCUT2D eigenvalue weighted by Gasteiger charge is 2.40. The molecular formula is C40H39ClN4. The second-order valence-electron chi connectivity index (χ2n) is 12.5. The smallest absolute Gasteiger partial charge is 0.151 e. The first-order valence-corrected chi connectivity index (χ1v) is 16.1. The molecule has 2 aromatic heterocycles. The van der Waals surface area contributed by atoms with Gasteiger partial charge in [0.1, 0.15) is 11.4 Å². The van der Waals surface area contributed by atoms with Crippen molar-refractivity contribution in [2.75, 3.05) is 0 Å². The summed E-state index contributed by atoms with van der Waals surface area (Å²) in [5.74, 6) is 1.07. The second kappa shape index (κ2) is 13.2. The van der Waals surface area contributed by atoms with Gasteiger partial charge in [0.15, 0.2) is 5.15 Å². The third kappa shape index (κ3) is 6.48. The average molecular weight is 611 g/mol. The fourth-order valence-corrected chi connectivity index (χ4v) is 6.26. The van der Waals surface area contributed by atoms with Gasteiger partial charge in [0.25, 0.3) is 0 Å². The van der Waals surface area contributed by atoms with E-state index in [1.165, 1.54) is 22.3 Å². The quantitative estimate of drug-likeness (QED) is 0.137. The van der Waals surface area contributed by atoms with E-state index in [0.717, 1.165) is 48.5 Å². The van der Waals surface area contributed by atoms with E-state index in [2.05, 4.69) is 157 Å². The Balaban J connectivity index is 1.47. The van der Waals surface area contributed by atoms with Crippen LogP contribution in [-0.2, 0) is 24.8 Å². The number of nitrogens with zero attached hydrogens (tertiary/aromatic N) is 4. The SMILES string of the molecule is CCC(C)(C)Cc1cn(C(c2ccccc2)(c2ccccc2)c2ccccc2)c(CCc2ccc(-c3ccc(Cl)nn3)cc2)n1. The Morgan fingerprint density at radius 1 is 0.644 bits per heavy atom. The van der Waals surface area contributed by atoms with Crippen LogP contribution in [0.4, 0.5) is 0 Å². The van der Waals surface area contributed by atoms with Crippen molar-refractivity contribution in [2.24, 2.45) is 5.41 Å². The molecule has 0 fully saturated rings. The third-order valence-corrected chi connectivity index (χ3v) is 9.10. The molecule has 6 aromatic rings. The predicted molar refractivity (Wildman–Crippen MR) is 184 cm³/mol. The number of halogens is 1. The standard InChI is InChI=1S/C40H39ClN4/c1-4-39(2,3)28-35-29-45(38(42-35)27-22-30-20-23-31(24-21-30)36-25-26-37(41)44-43-36)40(32-14-8-5-9-15-32,33-16-10-6-11-17-33)34-18-12-7-13-19-34/h5-21,23-26,29H,4,22,27-28H2,1-3H3. The molecule has 0 aliphatic carbocycles. The molecule has 0 spiro atoms. The Morgan fingerprint density at radius 2 is 1.20 bits per heavy atom. The van der Waals surface area contributed by atoms with Crippen LogP contribution < -0.4 is 0 Å². The van der Waals surface area contributed by atoms with Crippen LogP contribution in [0.2, 0.25) is 5.15 Å². The van der Waals surface area contributed by atoms with Gasteiger partial charge >= 0.3 is 0 Å². The molecule has 0 aliphatic heterocycles. The van der Waals surface area contributed by atoms with Gasteiger partial charge in [0.05, 0.1) is 11.4 Å². The Kier molecular flexibility index (Phi) is 8.95. The number of aryl methyl sites for hydroxylation is 2. The maximum absolute atomic E-state index is 5.95. The summed E-state index contributed by atoms with van der Waals surface area (Å²) in [6, 6.07) is 44.8. The molecule has 0 saturated carbocycles. The van der Waals surface area contributed by atoms with E-state index in [-0.39, 0.29) is 5.41 Å². The van der Waals surface area contributed by atoms with Crippen LogP contribution >= 0.6 is 11.6 Å². The van der Waals surface area contributed by atoms with Crippen LogP contribution in [0.25, 0.3) is 11.3 Å². The first-order valence-electron chi connectivity index (χ1n) is 15.7. The minimum absolute atomic E-state index is 0.145. The Hall–Kier alpha value is -4.54. The van der Waals surface area contributed by atoms with Crippen molar-refractivity contribution in [1.29, 1.82) is 0 Å². The molecule has 2 heterocycles. The van der Waals surface area contributed by atoms with Crippen molar-refractivity contribution in [1.82, 2.24) is 19.7 Å². The first kappa shape index (κ1) is 30.5. The molecule has 226 valence electrons. The van der Waals surface area contributed by atoms with Gasteiger partial charge in [-0.2, -0.15) is 0 Å². The number of hydrogen-bond acceptors (Lipinski definition) is 3. The second-order valence-corrected chi connectivity index (χ2v) is 12.8. The Bertz CT molecular complexity index is 1720. The number of aromatic nitrogens is 4. The van der Waals surface area contributed by atoms with Gasteiger partial charge in [-0.3, -0.25) is 0 Å². The highest BCUT2D eigenvalue weighted by Crippen LogP contribution is 2.42. The summed E-state index contributed by atoms with van der Waals surface area (Å²) in [6.45, 7) is 6.92. The van der Waals surface area contributed by atoms with Crippen molar-refractivity contribution in [3.63, 3.8) is 0 Å². The van der Waals surface area contributed by atoms with Gasteiger partial charge in [-0.25, -0.2) is 4.98 Å². The molecule has 0 unspecified atom stereocenters. The molecule has 0 saturated heterocycles. The molecule has 0 N–H and O–H groups in total. The van der Waals surface area contributed by atoms with E-state index >= 15 is 0 Å². The Labute approximate surface area is 271 Å². The van der Waals surface area contributed by atoms with Crippen LogP contribution in [0, 0.1) is 5.41 Å². The number of benzene rings is 4. The minimum Gasteiger partial charge on any atom is -0.316 e. The average Bonchev–Trinajstić information content (AvgIpc) is 3.48. The third-order valence-electron chi connectivity index (χ3n) is 8.90. The van der Waals surface area contributed by atoms with E-state index in [9.17, 15) is 0 Å². The lowest BCUT2D eigenvalue weighted by Crippen LogP contribution is -2.38. The summed E-state index contributed by atoms with van der Waals surface area (Å²) < 4.78 is 2.46. The summed E-state index contributed by atoms with van der Waals surface area (Å²) in [4.78, 5) is 5.41. The fraction of sp³-hybridized carbons (Fsp3) is 0.225. The van der Waals surface area contributed by atoms with Gasteiger partial charge in [-0.1, -0.05) is 154 Å². The summed E-state index contributed by atoms with van der Waals surface area (Å²) in [7, 11) is 0. The van der Waals surface area contributed by atoms with Crippen LogP contribution in [-0.4, -0.2) is 19.7 Å². The lowest BCUT2D eigenvalue weighted by molar-refractivity contribution is 0.345. The summed E-state index contributed by atoms with van der Waals surface area (Å²) >= 11 is 5.95. The molecule has 45 heavy (non-hydrogen) atoms. The predicted octanol–water partition coefficient (Wildman–Crippen LogP) is 9.60. The van der Waals surface area contributed by atoms with E-state index in [1.807, 2.05) is 6.07 Å². The number of imidazole rings is 1. The number of rotatable bonds is 11. The summed E-state index contributed by atoms with van der Waals surface area (Å²) in [5, 5.41) is 8.63. The minimum atomic E-state index is -0.599. The van der Waals surface area contributed by atoms with Crippen molar-refractivity contribution >= 4 is 11.6 Å². The lowest BCUT2D eigenvalue weighted by Gasteiger charge is -2.38. The van der Waals surface area contributed by atoms with Crippen LogP contribution in [0.3, 0.4) is 0 Å². The lowest BCUT2D eigenvalue weighted by atomic mass is 9.76. The molecule has 0 atom stereocenters. The molecular weight excluding hydrogens is 572 g/mol. The first-order chi connectivity index (χ1) is 21.9. The highest BCUT2D eigenvalue weighted by molar-refractivity contribution is 6.29. The van der Waals surface area contributed by atoms with Crippen molar-refractivity contribution in [3.8, 4) is 11.3 Å². The van der Waals surface area contributed by atoms with E-state index < -0.39 is 5.54 Å². The normalized spacial score (nSPS) is 11.9. The van der Waals surface area contributed by atoms with Crippen LogP contribution in [0.5, 0.6) is 0 Å². The van der Waals surface area contributed by atoms with Gasteiger partial charge in [0, 0.05) is 18.2 Å². The summed E-state index contributed by atoms with van der Waals surface area (Å²) in [5.41, 5.74) is 7.36. The Morgan fingerprint density at radius 3 is 1.69 bits per heavy atom. The zero-order valence-electron chi connectivity index (χ0n) is 26.2. The molecule has 4 nitrogen and oxygen atoms in total. The fourth-order valence-electron chi connectivity index (χ4n) is 6.16. The molecule has 0 aliphatic rings. The molecule has 0 radical (unpaired) electrons. The maximum Gasteiger partial charge on any atom is 0.151 e. The van der Waals surface area contributed by atoms with Crippen molar-refractivity contribution < 1.29 is 0 Å². The molecule has 5 heteroatoms. The topological polar surface area (TPSA) is 43.6 Å². The van der Waals surface area contributed by atoms with Crippen molar-refractivity contribution in [3.05, 3.63) is 173 Å². The van der Waals surface area contributed by atoms with Gasteiger partial charge in [0.2, 0.25) is 0 Å². The maximum atomic E-state index is 5.95. The molecule has 0 bridgehead atoms. The van der Waals surface area contributed by atoms with E-state index in [1.54, 1.807) is 6.07 Å². The van der Waals surface area contributed by atoms with E-state index in [4.69, 9.17) is 16.6 Å². The van der Waals surface area contributed by atoms with Gasteiger partial charge in [-0.05, 0) is 52.6 Å². The summed E-state index contributed by atoms with van der Waals surface area (Å²) in [6.07, 6.45) is 5.97. The monoisotopic (exact) mass is 610 g/mol. The zero-order valence-corrected chi connectivity index (χ0v) is 27.0. The molecule has 6 rings (SSSR count). The van der Waals surface area contributed by atoms with Crippen molar-refractivity contribution in [2.45, 2.75) is 52.0 Å². The highest BCUT2D eigenvalue weighted by atomic mass is 35.5. The zero-order chi connectivity index (χ0) is 31.3. The largest absolute Gasteiger partial charge is 0.316 e. The number of hydrogen-bond donors (Lipinski definition) is 0. The van der Waals surface area contributed by atoms with E-state index in [0.29, 0.717) is 5.15 Å². The van der Waals surface area contributed by atoms with Gasteiger partial charge in [-0.15, -0.1) is 10.2 Å².